The van der Waals surface area contributed by atoms with E-state index in [1.807, 2.05) is 19.3 Å². The van der Waals surface area contributed by atoms with Gasteiger partial charge in [-0.3, -0.25) is 0 Å². The highest BCUT2D eigenvalue weighted by Gasteiger charge is 2.37. The van der Waals surface area contributed by atoms with Crippen molar-refractivity contribution in [2.45, 2.75) is 64.5 Å². The third kappa shape index (κ3) is 3.45. The first-order chi connectivity index (χ1) is 10.8. The van der Waals surface area contributed by atoms with E-state index >= 15 is 0 Å². The lowest BCUT2D eigenvalue weighted by Gasteiger charge is -2.31. The molecule has 1 saturated heterocycles. The fourth-order valence-corrected chi connectivity index (χ4v) is 4.00. The fraction of sp³-hybridized carbons (Fsp3) is 0.765. The van der Waals surface area contributed by atoms with Crippen LogP contribution in [0.25, 0.3) is 0 Å². The summed E-state index contributed by atoms with van der Waals surface area (Å²) in [6.45, 7) is 4.74. The van der Waals surface area contributed by atoms with E-state index in [4.69, 9.17) is 0 Å². The first kappa shape index (κ1) is 15.4. The topological polar surface area (TPSA) is 50.2 Å². The van der Waals surface area contributed by atoms with Crippen molar-refractivity contribution in [3.8, 4) is 0 Å². The van der Waals surface area contributed by atoms with E-state index in [0.717, 1.165) is 44.2 Å². The van der Waals surface area contributed by atoms with Gasteiger partial charge in [0, 0.05) is 38.1 Å². The number of imidazole rings is 1. The number of hydrogen-bond acceptors (Lipinski definition) is 2. The second kappa shape index (κ2) is 7.16. The molecule has 1 aliphatic carbocycles. The van der Waals surface area contributed by atoms with Crippen LogP contribution in [0, 0.1) is 12.8 Å². The standard InChI is InChI=1S/C17H28N4O/c1-14-18-10-13-20(14)11-5-4-9-19-17(22)21-12-8-15-6-2-3-7-16(15)21/h10,13,15-16H,2-9,11-12H2,1H3,(H,19,22)/t15-,16+/m1/s1. The van der Waals surface area contributed by atoms with Gasteiger partial charge in [-0.15, -0.1) is 0 Å². The van der Waals surface area contributed by atoms with Crippen molar-refractivity contribution >= 4 is 6.03 Å². The normalized spacial score (nSPS) is 24.3. The summed E-state index contributed by atoms with van der Waals surface area (Å²) in [5.74, 6) is 1.83. The van der Waals surface area contributed by atoms with Crippen molar-refractivity contribution in [3.05, 3.63) is 18.2 Å². The predicted octanol–water partition coefficient (Wildman–Crippen LogP) is 2.95. The van der Waals surface area contributed by atoms with E-state index in [-0.39, 0.29) is 6.03 Å². The molecule has 2 aliphatic rings. The molecular weight excluding hydrogens is 276 g/mol. The number of hydrogen-bond donors (Lipinski definition) is 1. The van der Waals surface area contributed by atoms with Crippen LogP contribution in [0.3, 0.4) is 0 Å². The summed E-state index contributed by atoms with van der Waals surface area (Å²) in [6.07, 6.45) is 12.3. The molecule has 5 heteroatoms. The summed E-state index contributed by atoms with van der Waals surface area (Å²) in [4.78, 5) is 18.7. The minimum absolute atomic E-state index is 0.160. The highest BCUT2D eigenvalue weighted by molar-refractivity contribution is 5.74. The first-order valence-corrected chi connectivity index (χ1v) is 8.78. The van der Waals surface area contributed by atoms with E-state index in [1.54, 1.807) is 0 Å². The van der Waals surface area contributed by atoms with Crippen LogP contribution in [-0.4, -0.2) is 39.6 Å². The van der Waals surface area contributed by atoms with Gasteiger partial charge in [-0.2, -0.15) is 0 Å². The number of unbranched alkanes of at least 4 members (excludes halogenated alkanes) is 1. The summed E-state index contributed by atoms with van der Waals surface area (Å²) in [5.41, 5.74) is 0. The molecule has 3 rings (SSSR count). The number of urea groups is 1. The van der Waals surface area contributed by atoms with Crippen molar-refractivity contribution in [2.75, 3.05) is 13.1 Å². The fourth-order valence-electron chi connectivity index (χ4n) is 4.00. The summed E-state index contributed by atoms with van der Waals surface area (Å²) in [5, 5.41) is 3.11. The Balaban J connectivity index is 1.35. The lowest BCUT2D eigenvalue weighted by molar-refractivity contribution is 0.170. The summed E-state index contributed by atoms with van der Waals surface area (Å²) < 4.78 is 2.16. The van der Waals surface area contributed by atoms with Gasteiger partial charge >= 0.3 is 6.03 Å². The number of carbonyl (C=O) groups is 1. The number of fused-ring (bicyclic) bond motifs is 1. The number of nitrogens with zero attached hydrogens (tertiary/aromatic N) is 3. The number of likely N-dealkylation sites (tertiary alicyclic amines) is 1. The molecule has 1 N–H and O–H groups in total. The first-order valence-electron chi connectivity index (χ1n) is 8.78. The quantitative estimate of drug-likeness (QED) is 0.850. The molecule has 2 amide bonds. The molecule has 1 aromatic heterocycles. The Morgan fingerprint density at radius 1 is 1.32 bits per heavy atom. The maximum absolute atomic E-state index is 12.3. The molecule has 0 bridgehead atoms. The summed E-state index contributed by atoms with van der Waals surface area (Å²) in [7, 11) is 0. The molecule has 2 atom stereocenters. The van der Waals surface area contributed by atoms with E-state index in [2.05, 4.69) is 19.8 Å². The van der Waals surface area contributed by atoms with Crippen LogP contribution in [0.2, 0.25) is 0 Å². The van der Waals surface area contributed by atoms with Gasteiger partial charge in [-0.1, -0.05) is 12.8 Å². The summed E-state index contributed by atoms with van der Waals surface area (Å²) >= 11 is 0. The molecule has 0 aromatic carbocycles. The Labute approximate surface area is 133 Å². The monoisotopic (exact) mass is 304 g/mol. The maximum atomic E-state index is 12.3. The molecule has 5 nitrogen and oxygen atoms in total. The van der Waals surface area contributed by atoms with Crippen molar-refractivity contribution in [1.29, 1.82) is 0 Å². The second-order valence-corrected chi connectivity index (χ2v) is 6.70. The van der Waals surface area contributed by atoms with Crippen LogP contribution in [-0.2, 0) is 6.54 Å². The van der Waals surface area contributed by atoms with Crippen LogP contribution >= 0.6 is 0 Å². The van der Waals surface area contributed by atoms with Gasteiger partial charge in [0.2, 0.25) is 0 Å². The largest absolute Gasteiger partial charge is 0.338 e. The Kier molecular flexibility index (Phi) is 5.01. The van der Waals surface area contributed by atoms with Crippen molar-refractivity contribution < 1.29 is 4.79 Å². The molecule has 2 heterocycles. The molecule has 1 aliphatic heterocycles. The lowest BCUT2D eigenvalue weighted by atomic mass is 9.85. The number of amides is 2. The van der Waals surface area contributed by atoms with E-state index in [9.17, 15) is 4.79 Å². The van der Waals surface area contributed by atoms with Gasteiger partial charge < -0.3 is 14.8 Å². The molecule has 122 valence electrons. The van der Waals surface area contributed by atoms with Crippen LogP contribution < -0.4 is 5.32 Å². The smallest absolute Gasteiger partial charge is 0.317 e. The van der Waals surface area contributed by atoms with Gasteiger partial charge in [-0.05, 0) is 44.9 Å². The Morgan fingerprint density at radius 2 is 2.18 bits per heavy atom. The van der Waals surface area contributed by atoms with Gasteiger partial charge in [0.25, 0.3) is 0 Å². The van der Waals surface area contributed by atoms with Crippen LogP contribution in [0.1, 0.15) is 50.8 Å². The zero-order chi connectivity index (χ0) is 15.4. The number of carbonyl (C=O) groups excluding carboxylic acids is 1. The zero-order valence-corrected chi connectivity index (χ0v) is 13.6. The molecule has 2 fully saturated rings. The van der Waals surface area contributed by atoms with Crippen LogP contribution in [0.15, 0.2) is 12.4 Å². The van der Waals surface area contributed by atoms with Crippen molar-refractivity contribution in [2.24, 2.45) is 5.92 Å². The van der Waals surface area contributed by atoms with Crippen molar-refractivity contribution in [1.82, 2.24) is 19.8 Å². The summed E-state index contributed by atoms with van der Waals surface area (Å²) in [6, 6.07) is 0.676. The van der Waals surface area contributed by atoms with E-state index in [0.29, 0.717) is 6.04 Å². The van der Waals surface area contributed by atoms with E-state index in [1.165, 1.54) is 32.1 Å². The SMILES string of the molecule is Cc1nccn1CCCCNC(=O)N1CC[C@H]2CCCC[C@@H]21. The van der Waals surface area contributed by atoms with Gasteiger partial charge in [0.15, 0.2) is 0 Å². The molecular formula is C17H28N4O. The molecule has 1 aromatic rings. The van der Waals surface area contributed by atoms with Crippen LogP contribution in [0.5, 0.6) is 0 Å². The molecule has 1 saturated carbocycles. The number of aromatic nitrogens is 2. The highest BCUT2D eigenvalue weighted by atomic mass is 16.2. The Bertz CT molecular complexity index is 499. The average molecular weight is 304 g/mol. The number of rotatable bonds is 5. The van der Waals surface area contributed by atoms with E-state index < -0.39 is 0 Å². The molecule has 22 heavy (non-hydrogen) atoms. The highest BCUT2D eigenvalue weighted by Crippen LogP contribution is 2.35. The van der Waals surface area contributed by atoms with Crippen LogP contribution in [0.4, 0.5) is 4.79 Å². The van der Waals surface area contributed by atoms with Crippen molar-refractivity contribution in [3.63, 3.8) is 0 Å². The molecule has 0 unspecified atom stereocenters. The maximum Gasteiger partial charge on any atom is 0.317 e. The predicted molar refractivity (Wildman–Crippen MR) is 86.7 cm³/mol. The number of aryl methyl sites for hydroxylation is 2. The van der Waals surface area contributed by atoms with Gasteiger partial charge in [0.05, 0.1) is 0 Å². The molecule has 0 spiro atoms. The number of nitrogens with one attached hydrogen (secondary N) is 1. The van der Waals surface area contributed by atoms with Gasteiger partial charge in [-0.25, -0.2) is 9.78 Å². The third-order valence-corrected chi connectivity index (χ3v) is 5.30. The zero-order valence-electron chi connectivity index (χ0n) is 13.6. The minimum Gasteiger partial charge on any atom is -0.338 e. The lowest BCUT2D eigenvalue weighted by Crippen LogP contribution is -2.45. The van der Waals surface area contributed by atoms with Gasteiger partial charge in [0.1, 0.15) is 5.82 Å². The minimum atomic E-state index is 0.160. The Morgan fingerprint density at radius 3 is 3.00 bits per heavy atom. The average Bonchev–Trinajstić information content (AvgIpc) is 3.13. The second-order valence-electron chi connectivity index (χ2n) is 6.70. The third-order valence-electron chi connectivity index (χ3n) is 5.30. The Hall–Kier alpha value is -1.52. The molecule has 0 radical (unpaired) electrons.